The molecule has 5 nitrogen and oxygen atoms in total. The predicted molar refractivity (Wildman–Crippen MR) is 83.4 cm³/mol. The van der Waals surface area contributed by atoms with Gasteiger partial charge in [0.05, 0.1) is 6.10 Å². The molecule has 0 aromatic heterocycles. The second-order valence-electron chi connectivity index (χ2n) is 6.25. The molecule has 0 saturated heterocycles. The van der Waals surface area contributed by atoms with Gasteiger partial charge < -0.3 is 20.7 Å². The van der Waals surface area contributed by atoms with Crippen LogP contribution in [0.25, 0.3) is 0 Å². The normalized spacial score (nSPS) is 12.5. The lowest BCUT2D eigenvalue weighted by molar-refractivity contribution is -0.153. The third-order valence-corrected chi connectivity index (χ3v) is 2.04. The first-order chi connectivity index (χ1) is 9.49. The summed E-state index contributed by atoms with van der Waals surface area (Å²) in [7, 11) is 0. The highest BCUT2D eigenvalue weighted by Gasteiger charge is 2.20. The molecule has 0 spiro atoms. The molecular formula is C16H27NO4. The maximum atomic E-state index is 10.9. The van der Waals surface area contributed by atoms with Crippen molar-refractivity contribution < 1.29 is 19.7 Å². The topological polar surface area (TPSA) is 92.8 Å². The number of hydrogen-bond acceptors (Lipinski definition) is 4. The molecule has 0 fully saturated rings. The van der Waals surface area contributed by atoms with Gasteiger partial charge in [0.1, 0.15) is 5.75 Å². The summed E-state index contributed by atoms with van der Waals surface area (Å²) in [5.41, 5.74) is 6.10. The van der Waals surface area contributed by atoms with Crippen LogP contribution in [0.1, 0.15) is 40.2 Å². The molecule has 0 unspecified atom stereocenters. The summed E-state index contributed by atoms with van der Waals surface area (Å²) in [5.74, 6) is -0.858. The molecule has 0 radical (unpaired) electrons. The standard InChI is InChI=1S/C12H16O4.C4H11N/c1-8(2)16-11(12(14)15)7-9-4-3-5-10(13)6-9;1-4(2,3)5/h3-6,8,11,13H,7H2,1-2H3,(H,14,15);5H2,1-3H3/t11-;/m0./s1. The minimum Gasteiger partial charge on any atom is -0.508 e. The molecule has 0 saturated carbocycles. The SMILES string of the molecule is CC(C)(C)N.CC(C)O[C@@H](Cc1cccc(O)c1)C(=O)O. The Morgan fingerprint density at radius 3 is 2.24 bits per heavy atom. The van der Waals surface area contributed by atoms with Gasteiger partial charge in [0.15, 0.2) is 6.10 Å². The molecule has 1 aromatic rings. The van der Waals surface area contributed by atoms with Crippen molar-refractivity contribution in [1.82, 2.24) is 0 Å². The van der Waals surface area contributed by atoms with E-state index in [2.05, 4.69) is 0 Å². The van der Waals surface area contributed by atoms with Gasteiger partial charge >= 0.3 is 5.97 Å². The number of aliphatic carboxylic acids is 1. The molecule has 21 heavy (non-hydrogen) atoms. The van der Waals surface area contributed by atoms with Crippen LogP contribution in [0.15, 0.2) is 24.3 Å². The fraction of sp³-hybridized carbons (Fsp3) is 0.562. The van der Waals surface area contributed by atoms with Crippen LogP contribution in [0.5, 0.6) is 5.75 Å². The Morgan fingerprint density at radius 1 is 1.33 bits per heavy atom. The fourth-order valence-corrected chi connectivity index (χ4v) is 1.42. The summed E-state index contributed by atoms with van der Waals surface area (Å²) in [6, 6.07) is 6.53. The number of nitrogens with two attached hydrogens (primary N) is 1. The van der Waals surface area contributed by atoms with Crippen LogP contribution in [0.4, 0.5) is 0 Å². The van der Waals surface area contributed by atoms with E-state index in [-0.39, 0.29) is 23.8 Å². The molecular weight excluding hydrogens is 270 g/mol. The molecule has 1 aromatic carbocycles. The van der Waals surface area contributed by atoms with E-state index in [1.54, 1.807) is 38.1 Å². The third-order valence-electron chi connectivity index (χ3n) is 2.04. The van der Waals surface area contributed by atoms with Crippen LogP contribution >= 0.6 is 0 Å². The van der Waals surface area contributed by atoms with E-state index in [1.807, 2.05) is 20.8 Å². The first-order valence-corrected chi connectivity index (χ1v) is 6.94. The molecule has 4 N–H and O–H groups in total. The van der Waals surface area contributed by atoms with Crippen molar-refractivity contribution in [3.8, 4) is 5.75 Å². The zero-order chi connectivity index (χ0) is 16.6. The van der Waals surface area contributed by atoms with Gasteiger partial charge in [-0.15, -0.1) is 0 Å². The lowest BCUT2D eigenvalue weighted by Crippen LogP contribution is -2.29. The summed E-state index contributed by atoms with van der Waals surface area (Å²) >= 11 is 0. The first-order valence-electron chi connectivity index (χ1n) is 6.94. The lowest BCUT2D eigenvalue weighted by atomic mass is 10.1. The molecule has 5 heteroatoms. The Morgan fingerprint density at radius 2 is 1.86 bits per heavy atom. The quantitative estimate of drug-likeness (QED) is 0.776. The van der Waals surface area contributed by atoms with Crippen LogP contribution < -0.4 is 5.73 Å². The molecule has 0 aliphatic carbocycles. The van der Waals surface area contributed by atoms with Crippen LogP contribution in [-0.2, 0) is 16.0 Å². The van der Waals surface area contributed by atoms with E-state index in [0.29, 0.717) is 0 Å². The maximum Gasteiger partial charge on any atom is 0.333 e. The molecule has 120 valence electrons. The smallest absolute Gasteiger partial charge is 0.333 e. The highest BCUT2D eigenvalue weighted by molar-refractivity contribution is 5.72. The Kier molecular flexibility index (Phi) is 7.99. The Labute approximate surface area is 126 Å². The number of carbonyl (C=O) groups is 1. The number of hydrogen-bond donors (Lipinski definition) is 3. The van der Waals surface area contributed by atoms with Crippen molar-refractivity contribution in [3.63, 3.8) is 0 Å². The van der Waals surface area contributed by atoms with Gasteiger partial charge in [0, 0.05) is 12.0 Å². The first kappa shape index (κ1) is 19.4. The highest BCUT2D eigenvalue weighted by Crippen LogP contribution is 2.14. The van der Waals surface area contributed by atoms with E-state index in [0.717, 1.165) is 5.56 Å². The number of carboxylic acid groups (broad SMARTS) is 1. The second-order valence-corrected chi connectivity index (χ2v) is 6.25. The van der Waals surface area contributed by atoms with E-state index in [1.165, 1.54) is 0 Å². The molecule has 0 amide bonds. The minimum atomic E-state index is -0.989. The number of ether oxygens (including phenoxy) is 1. The summed E-state index contributed by atoms with van der Waals surface area (Å²) in [6.45, 7) is 9.48. The van der Waals surface area contributed by atoms with Crippen molar-refractivity contribution in [2.24, 2.45) is 5.73 Å². The fourth-order valence-electron chi connectivity index (χ4n) is 1.42. The number of aromatic hydroxyl groups is 1. The number of phenols is 1. The summed E-state index contributed by atoms with van der Waals surface area (Å²) in [4.78, 5) is 10.9. The monoisotopic (exact) mass is 297 g/mol. The number of carboxylic acids is 1. The third kappa shape index (κ3) is 11.9. The predicted octanol–water partition coefficient (Wildman–Crippen LogP) is 2.56. The maximum absolute atomic E-state index is 10.9. The van der Waals surface area contributed by atoms with E-state index in [9.17, 15) is 9.90 Å². The molecule has 0 aliphatic rings. The van der Waals surface area contributed by atoms with E-state index in [4.69, 9.17) is 15.6 Å². The minimum absolute atomic E-state index is 0. The van der Waals surface area contributed by atoms with Crippen LogP contribution in [0.3, 0.4) is 0 Å². The summed E-state index contributed by atoms with van der Waals surface area (Å²) < 4.78 is 5.27. The van der Waals surface area contributed by atoms with Gasteiger partial charge in [-0.05, 0) is 52.3 Å². The van der Waals surface area contributed by atoms with Crippen molar-refractivity contribution in [2.45, 2.75) is 58.8 Å². The van der Waals surface area contributed by atoms with Crippen LogP contribution in [-0.4, -0.2) is 33.9 Å². The zero-order valence-electron chi connectivity index (χ0n) is 13.5. The van der Waals surface area contributed by atoms with Crippen molar-refractivity contribution in [1.29, 1.82) is 0 Å². The number of benzene rings is 1. The van der Waals surface area contributed by atoms with Crippen molar-refractivity contribution in [2.75, 3.05) is 0 Å². The Hall–Kier alpha value is -1.59. The van der Waals surface area contributed by atoms with E-state index < -0.39 is 12.1 Å². The largest absolute Gasteiger partial charge is 0.508 e. The van der Waals surface area contributed by atoms with Crippen LogP contribution in [0.2, 0.25) is 0 Å². The lowest BCUT2D eigenvalue weighted by Gasteiger charge is -2.16. The highest BCUT2D eigenvalue weighted by atomic mass is 16.5. The number of rotatable bonds is 5. The molecule has 0 aliphatic heterocycles. The average Bonchev–Trinajstić information content (AvgIpc) is 2.25. The average molecular weight is 297 g/mol. The number of phenolic OH excluding ortho intramolecular Hbond substituents is 1. The summed E-state index contributed by atoms with van der Waals surface area (Å²) in [6.07, 6.45) is -0.762. The molecule has 0 heterocycles. The molecule has 0 bridgehead atoms. The van der Waals surface area contributed by atoms with E-state index >= 15 is 0 Å². The van der Waals surface area contributed by atoms with Gasteiger partial charge in [0.2, 0.25) is 0 Å². The Balaban J connectivity index is 0.000000690. The van der Waals surface area contributed by atoms with Gasteiger partial charge in [0.25, 0.3) is 0 Å². The van der Waals surface area contributed by atoms with Gasteiger partial charge in [-0.3, -0.25) is 0 Å². The Bertz CT molecular complexity index is 432. The van der Waals surface area contributed by atoms with Gasteiger partial charge in [-0.25, -0.2) is 4.79 Å². The summed E-state index contributed by atoms with van der Waals surface area (Å²) in [5, 5.41) is 18.2. The second kappa shape index (κ2) is 8.64. The van der Waals surface area contributed by atoms with Gasteiger partial charge in [-0.2, -0.15) is 0 Å². The molecule has 1 rings (SSSR count). The molecule has 1 atom stereocenters. The van der Waals surface area contributed by atoms with Crippen molar-refractivity contribution in [3.05, 3.63) is 29.8 Å². The van der Waals surface area contributed by atoms with Crippen LogP contribution in [0, 0.1) is 0 Å². The van der Waals surface area contributed by atoms with Crippen molar-refractivity contribution >= 4 is 5.97 Å². The zero-order valence-corrected chi connectivity index (χ0v) is 13.5. The van der Waals surface area contributed by atoms with Gasteiger partial charge in [-0.1, -0.05) is 12.1 Å².